The Morgan fingerprint density at radius 3 is 2.70 bits per heavy atom. The van der Waals surface area contributed by atoms with Gasteiger partial charge < -0.3 is 29.4 Å². The van der Waals surface area contributed by atoms with Gasteiger partial charge in [-0.25, -0.2) is 23.2 Å². The van der Waals surface area contributed by atoms with E-state index in [9.17, 15) is 23.5 Å². The van der Waals surface area contributed by atoms with Crippen LogP contribution in [0.1, 0.15) is 40.8 Å². The first-order chi connectivity index (χ1) is 20.1. The van der Waals surface area contributed by atoms with E-state index in [4.69, 9.17) is 36.1 Å². The third-order valence-electron chi connectivity index (χ3n) is 6.24. The van der Waals surface area contributed by atoms with Gasteiger partial charge in [-0.1, -0.05) is 18.7 Å². The maximum atomic E-state index is 15.5. The quantitative estimate of drug-likeness (QED) is 0.108. The van der Waals surface area contributed by atoms with Crippen LogP contribution >= 0.6 is 6.64 Å². The summed E-state index contributed by atoms with van der Waals surface area (Å²) in [5.41, 5.74) is 1.85. The van der Waals surface area contributed by atoms with Crippen molar-refractivity contribution in [2.75, 3.05) is 12.3 Å². The van der Waals surface area contributed by atoms with Crippen LogP contribution in [0.5, 0.6) is 0 Å². The highest BCUT2D eigenvalue weighted by Gasteiger charge is 2.62. The molecule has 1 saturated heterocycles. The zero-order valence-electron chi connectivity index (χ0n) is 24.0. The zero-order valence-corrected chi connectivity index (χ0v) is 25.7. The predicted molar refractivity (Wildman–Crippen MR) is 155 cm³/mol. The maximum absolute atomic E-state index is 15.5. The summed E-state index contributed by atoms with van der Waals surface area (Å²) in [6.07, 6.45) is -5.22. The number of ether oxygens (including phenoxy) is 2. The fraction of sp³-hybridized carbons (Fsp3) is 0.520. The Hall–Kier alpha value is -3.08. The number of imidazole rings is 1. The third kappa shape index (κ3) is 7.36. The van der Waals surface area contributed by atoms with E-state index in [0.717, 1.165) is 10.9 Å². The van der Waals surface area contributed by atoms with Gasteiger partial charge in [-0.3, -0.25) is 19.1 Å². The molecule has 2 aromatic heterocycles. The summed E-state index contributed by atoms with van der Waals surface area (Å²) >= 11 is 5.59. The molecular weight excluding hydrogens is 616 g/mol. The second-order valence-corrected chi connectivity index (χ2v) is 13.0. The lowest BCUT2D eigenvalue weighted by molar-refractivity contribution is -0.191. The number of carbonyl (C=O) groups excluding carboxylic acids is 1. The van der Waals surface area contributed by atoms with Crippen molar-refractivity contribution in [3.05, 3.63) is 52.8 Å². The van der Waals surface area contributed by atoms with E-state index in [1.54, 1.807) is 39.8 Å². The molecule has 0 spiro atoms. The highest BCUT2D eigenvalue weighted by molar-refractivity contribution is 8.09. The van der Waals surface area contributed by atoms with E-state index in [2.05, 4.69) is 26.6 Å². The topological polar surface area (TPSA) is 176 Å². The van der Waals surface area contributed by atoms with Gasteiger partial charge in [0.25, 0.3) is 12.0 Å². The molecule has 238 valence electrons. The lowest BCUT2D eigenvalue weighted by Crippen LogP contribution is -2.52. The highest BCUT2D eigenvalue weighted by atomic mass is 32.5. The van der Waals surface area contributed by atoms with Gasteiger partial charge in [0.1, 0.15) is 17.9 Å². The summed E-state index contributed by atoms with van der Waals surface area (Å²) < 4.78 is 68.1. The molecule has 5 N–H and O–H groups in total. The van der Waals surface area contributed by atoms with Crippen LogP contribution in [-0.2, 0) is 35.1 Å². The Morgan fingerprint density at radius 1 is 1.44 bits per heavy atom. The smallest absolute Gasteiger partial charge is 0.323 e. The standard InChI is InChI=1S/C25H34F3N6O7PS/c1-7-9-13(5)15(8-2)41-42(43,33-14(6)22(37)39-12(3)4)38-10-25(23(27)28)18(35)16(26)21(40-25)34-11-30-17-19(34)31-24(29)32-20(17)36/h7-9,11-12,14,16,18,21,23,35H,2,10H2,1,3-6H3,(H,33,43)(H3,29,31,32,36)/b9-7-,15-13-/t14-,16+,18-,21+,25+,42?/m0/s1. The summed E-state index contributed by atoms with van der Waals surface area (Å²) in [5.74, 6) is -0.966. The molecule has 6 atom stereocenters. The second-order valence-electron chi connectivity index (χ2n) is 9.88. The van der Waals surface area contributed by atoms with E-state index in [0.29, 0.717) is 5.57 Å². The number of aliphatic hydroxyl groups is 1. The van der Waals surface area contributed by atoms with Crippen LogP contribution in [0.2, 0.25) is 0 Å². The van der Waals surface area contributed by atoms with Crippen LogP contribution in [0.25, 0.3) is 11.2 Å². The second kappa shape index (κ2) is 13.7. The molecule has 1 aliphatic heterocycles. The molecule has 0 radical (unpaired) electrons. The molecular formula is C25H34F3N6O7PS. The number of nitrogens with one attached hydrogen (secondary N) is 2. The minimum Gasteiger partial charge on any atom is -0.462 e. The molecule has 43 heavy (non-hydrogen) atoms. The Morgan fingerprint density at radius 2 is 2.12 bits per heavy atom. The molecule has 0 amide bonds. The monoisotopic (exact) mass is 650 g/mol. The van der Waals surface area contributed by atoms with E-state index in [1.807, 2.05) is 0 Å². The third-order valence-corrected chi connectivity index (χ3v) is 8.70. The van der Waals surface area contributed by atoms with Crippen molar-refractivity contribution in [2.24, 2.45) is 0 Å². The minimum absolute atomic E-state index is 0.109. The van der Waals surface area contributed by atoms with Crippen LogP contribution in [0, 0.1) is 0 Å². The van der Waals surface area contributed by atoms with Gasteiger partial charge in [0.05, 0.1) is 19.0 Å². The first-order valence-electron chi connectivity index (χ1n) is 13.0. The summed E-state index contributed by atoms with van der Waals surface area (Å²) in [6.45, 7) is 6.61. The summed E-state index contributed by atoms with van der Waals surface area (Å²) in [6, 6.07) is -1.13. The number of halogens is 3. The van der Waals surface area contributed by atoms with Crippen LogP contribution in [0.4, 0.5) is 19.1 Å². The first-order valence-corrected chi connectivity index (χ1v) is 15.6. The van der Waals surface area contributed by atoms with E-state index in [-0.39, 0.29) is 22.9 Å². The van der Waals surface area contributed by atoms with Crippen LogP contribution < -0.4 is 16.4 Å². The Balaban J connectivity index is 2.00. The van der Waals surface area contributed by atoms with Crippen molar-refractivity contribution >= 4 is 41.5 Å². The molecule has 0 saturated carbocycles. The molecule has 1 fully saturated rings. The molecule has 18 heteroatoms. The predicted octanol–water partition coefficient (Wildman–Crippen LogP) is 3.16. The lowest BCUT2D eigenvalue weighted by atomic mass is 9.97. The average Bonchev–Trinajstić information content (AvgIpc) is 3.45. The molecule has 13 nitrogen and oxygen atoms in total. The summed E-state index contributed by atoms with van der Waals surface area (Å²) in [5, 5.41) is 13.5. The fourth-order valence-corrected chi connectivity index (χ4v) is 6.60. The van der Waals surface area contributed by atoms with Crippen molar-refractivity contribution in [2.45, 2.75) is 77.3 Å². The number of esters is 1. The number of aromatic nitrogens is 4. The van der Waals surface area contributed by atoms with Crippen molar-refractivity contribution in [1.82, 2.24) is 24.6 Å². The molecule has 0 aliphatic carbocycles. The van der Waals surface area contributed by atoms with Gasteiger partial charge in [0, 0.05) is 0 Å². The number of aromatic amines is 1. The number of hydrogen-bond donors (Lipinski definition) is 4. The number of hydrogen-bond acceptors (Lipinski definition) is 11. The highest BCUT2D eigenvalue weighted by Crippen LogP contribution is 2.51. The fourth-order valence-electron chi connectivity index (χ4n) is 4.12. The van der Waals surface area contributed by atoms with Crippen LogP contribution in [0.15, 0.2) is 47.3 Å². The minimum atomic E-state index is -3.96. The number of alkyl halides is 3. The van der Waals surface area contributed by atoms with Crippen molar-refractivity contribution in [3.63, 3.8) is 0 Å². The van der Waals surface area contributed by atoms with Crippen molar-refractivity contribution in [1.29, 1.82) is 0 Å². The summed E-state index contributed by atoms with van der Waals surface area (Å²) in [4.78, 5) is 34.6. The molecule has 1 aliphatic rings. The molecule has 3 heterocycles. The van der Waals surface area contributed by atoms with Gasteiger partial charge in [0.2, 0.25) is 5.95 Å². The summed E-state index contributed by atoms with van der Waals surface area (Å²) in [7, 11) is 0. The Kier molecular flexibility index (Phi) is 11.0. The van der Waals surface area contributed by atoms with Crippen LogP contribution in [0.3, 0.4) is 0 Å². The Bertz CT molecular complexity index is 1520. The first kappa shape index (κ1) is 34.4. The molecule has 3 rings (SSSR count). The SMILES string of the molecule is C=C/C(OP(=S)(N[C@@H](C)C(=O)OC(C)C)OC[C@@]1(C(F)F)O[C@@H](n2cnc3c(=O)[nH]c(N)nc32)[C@H](F)[C@@H]1O)=C(C)/C=C\C. The van der Waals surface area contributed by atoms with Gasteiger partial charge in [-0.05, 0) is 58.1 Å². The largest absolute Gasteiger partial charge is 0.462 e. The number of allylic oxidation sites excluding steroid dienone is 4. The number of aliphatic hydroxyl groups excluding tert-OH is 1. The number of nitrogens with zero attached hydrogens (tertiary/aromatic N) is 3. The van der Waals surface area contributed by atoms with Gasteiger partial charge in [-0.2, -0.15) is 4.98 Å². The lowest BCUT2D eigenvalue weighted by Gasteiger charge is -2.34. The molecule has 0 aromatic carbocycles. The van der Waals surface area contributed by atoms with E-state index in [1.165, 1.54) is 13.0 Å². The molecule has 0 bridgehead atoms. The number of anilines is 1. The number of rotatable bonds is 13. The number of nitrogen functional groups attached to an aromatic ring is 1. The number of carbonyl (C=O) groups is 1. The average molecular weight is 651 g/mol. The molecule has 1 unspecified atom stereocenters. The van der Waals surface area contributed by atoms with Gasteiger partial charge in [0.15, 0.2) is 29.2 Å². The Labute approximate surface area is 250 Å². The van der Waals surface area contributed by atoms with E-state index >= 15 is 4.39 Å². The van der Waals surface area contributed by atoms with E-state index < -0.39 is 67.5 Å². The number of H-pyrrole nitrogens is 1. The van der Waals surface area contributed by atoms with Gasteiger partial charge >= 0.3 is 12.6 Å². The molecule has 2 aromatic rings. The normalized spacial score (nSPS) is 25.2. The van der Waals surface area contributed by atoms with Crippen LogP contribution in [-0.4, -0.2) is 73.6 Å². The number of nitrogens with two attached hydrogens (primary N) is 1. The van der Waals surface area contributed by atoms with Crippen molar-refractivity contribution in [3.8, 4) is 0 Å². The zero-order chi connectivity index (χ0) is 32.3. The maximum Gasteiger partial charge on any atom is 0.323 e. The van der Waals surface area contributed by atoms with Crippen molar-refractivity contribution < 1.29 is 41.6 Å². The van der Waals surface area contributed by atoms with Gasteiger partial charge in [-0.15, -0.1) is 0 Å². The number of fused-ring (bicyclic) bond motifs is 1.